The van der Waals surface area contributed by atoms with E-state index in [-0.39, 0.29) is 18.9 Å². The summed E-state index contributed by atoms with van der Waals surface area (Å²) in [5, 5.41) is 12.5. The average Bonchev–Trinajstić information content (AvgIpc) is 3.30. The lowest BCUT2D eigenvalue weighted by atomic mass is 10.2. The van der Waals surface area contributed by atoms with Gasteiger partial charge in [0, 0.05) is 4.47 Å². The van der Waals surface area contributed by atoms with Crippen LogP contribution in [0.3, 0.4) is 0 Å². The number of benzene rings is 1. The number of hydrogen-bond donors (Lipinski definition) is 2. The number of ether oxygens (including phenoxy) is 1. The first-order valence-corrected chi connectivity index (χ1v) is 8.38. The molecule has 0 aliphatic carbocycles. The SMILES string of the molecule is O=C(NCC(O)c1ccco1)c1ccc(COc2ccc(Br)cc2)o1. The molecule has 130 valence electrons. The van der Waals surface area contributed by atoms with Gasteiger partial charge in [-0.15, -0.1) is 0 Å². The van der Waals surface area contributed by atoms with Crippen molar-refractivity contribution < 1.29 is 23.5 Å². The van der Waals surface area contributed by atoms with E-state index in [4.69, 9.17) is 13.6 Å². The van der Waals surface area contributed by atoms with Gasteiger partial charge in [-0.1, -0.05) is 15.9 Å². The first kappa shape index (κ1) is 17.3. The third-order valence-electron chi connectivity index (χ3n) is 3.41. The van der Waals surface area contributed by atoms with Gasteiger partial charge in [-0.2, -0.15) is 0 Å². The molecule has 1 atom stereocenters. The molecule has 0 fully saturated rings. The van der Waals surface area contributed by atoms with Gasteiger partial charge in [0.2, 0.25) is 0 Å². The number of rotatable bonds is 7. The third-order valence-corrected chi connectivity index (χ3v) is 3.94. The first-order valence-electron chi connectivity index (χ1n) is 7.58. The summed E-state index contributed by atoms with van der Waals surface area (Å²) in [7, 11) is 0. The van der Waals surface area contributed by atoms with Crippen LogP contribution in [-0.4, -0.2) is 17.6 Å². The van der Waals surface area contributed by atoms with Crippen LogP contribution in [0, 0.1) is 0 Å². The van der Waals surface area contributed by atoms with E-state index in [2.05, 4.69) is 21.2 Å². The van der Waals surface area contributed by atoms with Gasteiger partial charge >= 0.3 is 0 Å². The zero-order valence-corrected chi connectivity index (χ0v) is 14.7. The quantitative estimate of drug-likeness (QED) is 0.626. The van der Waals surface area contributed by atoms with Gasteiger partial charge in [0.15, 0.2) is 5.76 Å². The van der Waals surface area contributed by atoms with E-state index >= 15 is 0 Å². The zero-order valence-electron chi connectivity index (χ0n) is 13.1. The lowest BCUT2D eigenvalue weighted by Crippen LogP contribution is -2.27. The molecule has 1 unspecified atom stereocenters. The van der Waals surface area contributed by atoms with Gasteiger partial charge in [-0.3, -0.25) is 4.79 Å². The Morgan fingerprint density at radius 2 is 2.00 bits per heavy atom. The number of carbonyl (C=O) groups excluding carboxylic acids is 1. The van der Waals surface area contributed by atoms with Crippen LogP contribution in [0.1, 0.15) is 28.2 Å². The Bertz CT molecular complexity index is 810. The molecule has 0 saturated heterocycles. The van der Waals surface area contributed by atoms with Gasteiger partial charge in [-0.05, 0) is 48.5 Å². The summed E-state index contributed by atoms with van der Waals surface area (Å²) in [4.78, 5) is 12.1. The monoisotopic (exact) mass is 405 g/mol. The number of hydrogen-bond acceptors (Lipinski definition) is 5. The van der Waals surface area contributed by atoms with E-state index in [0.29, 0.717) is 17.3 Å². The number of carbonyl (C=O) groups is 1. The highest BCUT2D eigenvalue weighted by molar-refractivity contribution is 9.10. The highest BCUT2D eigenvalue weighted by Gasteiger charge is 2.15. The van der Waals surface area contributed by atoms with E-state index < -0.39 is 12.0 Å². The lowest BCUT2D eigenvalue weighted by Gasteiger charge is -2.08. The van der Waals surface area contributed by atoms with Crippen molar-refractivity contribution in [1.82, 2.24) is 5.32 Å². The predicted octanol–water partition coefficient (Wildman–Crippen LogP) is 3.68. The molecule has 6 nitrogen and oxygen atoms in total. The van der Waals surface area contributed by atoms with Gasteiger partial charge in [0.05, 0.1) is 12.8 Å². The molecule has 3 rings (SSSR count). The maximum Gasteiger partial charge on any atom is 0.287 e. The number of amides is 1. The largest absolute Gasteiger partial charge is 0.486 e. The highest BCUT2D eigenvalue weighted by atomic mass is 79.9. The van der Waals surface area contributed by atoms with E-state index in [1.165, 1.54) is 6.26 Å². The Morgan fingerprint density at radius 3 is 2.72 bits per heavy atom. The Morgan fingerprint density at radius 1 is 1.20 bits per heavy atom. The molecule has 2 heterocycles. The summed E-state index contributed by atoms with van der Waals surface area (Å²) in [5.41, 5.74) is 0. The molecule has 3 aromatic rings. The standard InChI is InChI=1S/C18H16BrNO5/c19-12-3-5-13(6-4-12)24-11-14-7-8-17(25-14)18(22)20-10-15(21)16-2-1-9-23-16/h1-9,15,21H,10-11H2,(H,20,22). The molecule has 2 aromatic heterocycles. The Hall–Kier alpha value is -2.51. The number of halogens is 1. The topological polar surface area (TPSA) is 84.8 Å². The molecule has 1 aromatic carbocycles. The van der Waals surface area contributed by atoms with Crippen molar-refractivity contribution in [2.75, 3.05) is 6.54 Å². The van der Waals surface area contributed by atoms with Gasteiger partial charge < -0.3 is 24.0 Å². The summed E-state index contributed by atoms with van der Waals surface area (Å²) in [5.74, 6) is 1.36. The van der Waals surface area contributed by atoms with Crippen LogP contribution in [0.5, 0.6) is 5.75 Å². The minimum Gasteiger partial charge on any atom is -0.486 e. The van der Waals surface area contributed by atoms with Crippen LogP contribution in [-0.2, 0) is 6.61 Å². The lowest BCUT2D eigenvalue weighted by molar-refractivity contribution is 0.0870. The van der Waals surface area contributed by atoms with E-state index in [1.54, 1.807) is 24.3 Å². The minimum atomic E-state index is -0.908. The molecule has 25 heavy (non-hydrogen) atoms. The second-order valence-electron chi connectivity index (χ2n) is 5.25. The number of nitrogens with one attached hydrogen (secondary N) is 1. The maximum absolute atomic E-state index is 12.1. The third kappa shape index (κ3) is 4.74. The van der Waals surface area contributed by atoms with Crippen molar-refractivity contribution in [3.05, 3.63) is 76.5 Å². The highest BCUT2D eigenvalue weighted by Crippen LogP contribution is 2.18. The maximum atomic E-state index is 12.1. The summed E-state index contributed by atoms with van der Waals surface area (Å²) in [6, 6.07) is 14.0. The molecule has 0 saturated carbocycles. The van der Waals surface area contributed by atoms with Crippen molar-refractivity contribution >= 4 is 21.8 Å². The number of aliphatic hydroxyl groups is 1. The Kier molecular flexibility index (Phi) is 5.57. The van der Waals surface area contributed by atoms with Crippen LogP contribution in [0.4, 0.5) is 0 Å². The first-order chi connectivity index (χ1) is 12.1. The summed E-state index contributed by atoms with van der Waals surface area (Å²) in [6.07, 6.45) is 0.555. The summed E-state index contributed by atoms with van der Waals surface area (Å²) < 4.78 is 17.1. The van der Waals surface area contributed by atoms with Crippen molar-refractivity contribution in [2.45, 2.75) is 12.7 Å². The van der Waals surface area contributed by atoms with Gasteiger partial charge in [-0.25, -0.2) is 0 Å². The van der Waals surface area contributed by atoms with Crippen LogP contribution >= 0.6 is 15.9 Å². The normalized spacial score (nSPS) is 11.9. The zero-order chi connectivity index (χ0) is 17.6. The van der Waals surface area contributed by atoms with Crippen molar-refractivity contribution in [2.24, 2.45) is 0 Å². The molecule has 1 amide bonds. The Balaban J connectivity index is 1.50. The van der Waals surface area contributed by atoms with Crippen LogP contribution in [0.15, 0.2) is 68.1 Å². The summed E-state index contributed by atoms with van der Waals surface area (Å²) >= 11 is 3.36. The average molecular weight is 406 g/mol. The molecule has 0 aliphatic rings. The molecule has 0 bridgehead atoms. The smallest absolute Gasteiger partial charge is 0.287 e. The summed E-state index contributed by atoms with van der Waals surface area (Å²) in [6.45, 7) is 0.238. The number of aliphatic hydroxyl groups excluding tert-OH is 1. The van der Waals surface area contributed by atoms with Crippen LogP contribution in [0.25, 0.3) is 0 Å². The molecule has 7 heteroatoms. The van der Waals surface area contributed by atoms with Crippen LogP contribution in [0.2, 0.25) is 0 Å². The van der Waals surface area contributed by atoms with Crippen LogP contribution < -0.4 is 10.1 Å². The molecule has 0 spiro atoms. The number of furan rings is 2. The molecule has 2 N–H and O–H groups in total. The van der Waals surface area contributed by atoms with Crippen molar-refractivity contribution in [1.29, 1.82) is 0 Å². The van der Waals surface area contributed by atoms with E-state index in [1.807, 2.05) is 24.3 Å². The van der Waals surface area contributed by atoms with Crippen molar-refractivity contribution in [3.8, 4) is 5.75 Å². The minimum absolute atomic E-state index is 0.0256. The van der Waals surface area contributed by atoms with Crippen molar-refractivity contribution in [3.63, 3.8) is 0 Å². The predicted molar refractivity (Wildman–Crippen MR) is 93.2 cm³/mol. The molecule has 0 radical (unpaired) electrons. The second-order valence-corrected chi connectivity index (χ2v) is 6.17. The fourth-order valence-corrected chi connectivity index (χ4v) is 2.39. The van der Waals surface area contributed by atoms with Gasteiger partial charge in [0.25, 0.3) is 5.91 Å². The molecular formula is C18H16BrNO5. The van der Waals surface area contributed by atoms with Gasteiger partial charge in [0.1, 0.15) is 30.0 Å². The van der Waals surface area contributed by atoms with E-state index in [0.717, 1.165) is 4.47 Å². The molecular weight excluding hydrogens is 390 g/mol. The fourth-order valence-electron chi connectivity index (χ4n) is 2.12. The van der Waals surface area contributed by atoms with E-state index in [9.17, 15) is 9.90 Å². The second kappa shape index (κ2) is 8.04. The Labute approximate surface area is 152 Å². The molecule has 0 aliphatic heterocycles. The fraction of sp³-hybridized carbons (Fsp3) is 0.167.